The zero-order chi connectivity index (χ0) is 25.4. The number of nitrogens with one attached hydrogen (secondary N) is 1. The molecule has 1 amide bonds. The van der Waals surface area contributed by atoms with Crippen LogP contribution in [0.15, 0.2) is 66.9 Å². The smallest absolute Gasteiger partial charge is 0.270 e. The van der Waals surface area contributed by atoms with E-state index in [4.69, 9.17) is 0 Å². The van der Waals surface area contributed by atoms with Gasteiger partial charge in [-0.05, 0) is 52.3 Å². The molecule has 4 aromatic rings. The summed E-state index contributed by atoms with van der Waals surface area (Å²) in [5.74, 6) is 1.78. The molecule has 1 aliphatic heterocycles. The van der Waals surface area contributed by atoms with Crippen molar-refractivity contribution in [2.75, 3.05) is 13.1 Å². The van der Waals surface area contributed by atoms with Crippen LogP contribution >= 0.6 is 0 Å². The van der Waals surface area contributed by atoms with Gasteiger partial charge in [-0.25, -0.2) is 0 Å². The molecule has 0 radical (unpaired) electrons. The van der Waals surface area contributed by atoms with Crippen molar-refractivity contribution in [1.82, 2.24) is 30.0 Å². The number of nitrogens with zero attached hydrogens (tertiary/aromatic N) is 5. The van der Waals surface area contributed by atoms with E-state index in [1.165, 1.54) is 27.8 Å². The van der Waals surface area contributed by atoms with Crippen LogP contribution in [0, 0.1) is 5.92 Å². The largest absolute Gasteiger partial charge is 0.340 e. The van der Waals surface area contributed by atoms with E-state index in [0.29, 0.717) is 5.69 Å². The molecule has 0 spiro atoms. The molecular weight excluding hydrogens is 460 g/mol. The number of aromatic nitrogens is 4. The fourth-order valence-corrected chi connectivity index (χ4v) is 5.57. The predicted octanol–water partition coefficient (Wildman–Crippen LogP) is 4.43. The third-order valence-electron chi connectivity index (χ3n) is 7.54. The van der Waals surface area contributed by atoms with Gasteiger partial charge in [0, 0.05) is 38.8 Å². The van der Waals surface area contributed by atoms with E-state index >= 15 is 0 Å². The standard InChI is InChI=1S/C30H32N6O/c1-20(2)28(32-30(37)26-9-5-6-13-31-26)29-34-33-27-12-14-35(15-16-36(27)29)19-21-10-11-25-23(17-21)18-22-7-3-4-8-24(22)25/h3-11,13,17,20,28H,12,14-16,18-19H2,1-2H3,(H,32,37)/t28-/m1/s1. The van der Waals surface area contributed by atoms with Gasteiger partial charge in [-0.15, -0.1) is 10.2 Å². The van der Waals surface area contributed by atoms with Crippen molar-refractivity contribution in [2.24, 2.45) is 5.92 Å². The lowest BCUT2D eigenvalue weighted by molar-refractivity contribution is 0.0916. The minimum Gasteiger partial charge on any atom is -0.340 e. The molecule has 1 aliphatic carbocycles. The molecule has 7 nitrogen and oxygen atoms in total. The van der Waals surface area contributed by atoms with Crippen LogP contribution < -0.4 is 5.32 Å². The van der Waals surface area contributed by atoms with E-state index < -0.39 is 0 Å². The summed E-state index contributed by atoms with van der Waals surface area (Å²) < 4.78 is 2.21. The van der Waals surface area contributed by atoms with Crippen LogP contribution in [-0.4, -0.2) is 43.6 Å². The summed E-state index contributed by atoms with van der Waals surface area (Å²) >= 11 is 0. The van der Waals surface area contributed by atoms with E-state index in [0.717, 1.165) is 50.7 Å². The van der Waals surface area contributed by atoms with Gasteiger partial charge in [0.2, 0.25) is 0 Å². The summed E-state index contributed by atoms with van der Waals surface area (Å²) in [4.78, 5) is 19.6. The third-order valence-corrected chi connectivity index (χ3v) is 7.54. The second-order valence-electron chi connectivity index (χ2n) is 10.4. The fraction of sp³-hybridized carbons (Fsp3) is 0.333. The lowest BCUT2D eigenvalue weighted by atomic mass is 10.0. The number of benzene rings is 2. The van der Waals surface area contributed by atoms with Crippen molar-refractivity contribution in [1.29, 1.82) is 0 Å². The minimum atomic E-state index is -0.236. The number of pyridine rings is 1. The van der Waals surface area contributed by atoms with Gasteiger partial charge < -0.3 is 9.88 Å². The Balaban J connectivity index is 1.15. The molecule has 2 aliphatic rings. The molecule has 2 aromatic carbocycles. The summed E-state index contributed by atoms with van der Waals surface area (Å²) in [6, 6.07) is 20.8. The molecular formula is C30H32N6O. The first kappa shape index (κ1) is 23.6. The number of amides is 1. The zero-order valence-electron chi connectivity index (χ0n) is 21.4. The lowest BCUT2D eigenvalue weighted by Gasteiger charge is -2.23. The number of carbonyl (C=O) groups is 1. The van der Waals surface area contributed by atoms with Crippen LogP contribution in [0.3, 0.4) is 0 Å². The van der Waals surface area contributed by atoms with Crippen molar-refractivity contribution in [3.05, 3.63) is 101 Å². The van der Waals surface area contributed by atoms with Gasteiger partial charge in [0.1, 0.15) is 11.5 Å². The zero-order valence-corrected chi connectivity index (χ0v) is 21.4. The highest BCUT2D eigenvalue weighted by molar-refractivity contribution is 5.92. The minimum absolute atomic E-state index is 0.163. The van der Waals surface area contributed by atoms with Crippen LogP contribution in [0.2, 0.25) is 0 Å². The summed E-state index contributed by atoms with van der Waals surface area (Å²) in [7, 11) is 0. The number of carbonyl (C=O) groups excluding carboxylic acids is 1. The molecule has 1 atom stereocenters. The van der Waals surface area contributed by atoms with Gasteiger partial charge in [0.15, 0.2) is 5.82 Å². The second kappa shape index (κ2) is 9.90. The molecule has 3 heterocycles. The van der Waals surface area contributed by atoms with Crippen LogP contribution in [0.4, 0.5) is 0 Å². The van der Waals surface area contributed by atoms with Gasteiger partial charge in [-0.2, -0.15) is 0 Å². The normalized spacial score (nSPS) is 15.5. The van der Waals surface area contributed by atoms with Crippen LogP contribution in [-0.2, 0) is 25.9 Å². The van der Waals surface area contributed by atoms with Crippen molar-refractivity contribution in [2.45, 2.75) is 45.8 Å². The maximum absolute atomic E-state index is 12.9. The Labute approximate surface area is 217 Å². The molecule has 0 saturated carbocycles. The molecule has 37 heavy (non-hydrogen) atoms. The van der Waals surface area contributed by atoms with Gasteiger partial charge in [-0.1, -0.05) is 62.4 Å². The van der Waals surface area contributed by atoms with E-state index in [2.05, 4.69) is 86.3 Å². The number of rotatable bonds is 6. The Hall–Kier alpha value is -3.84. The number of hydrogen-bond donors (Lipinski definition) is 1. The molecule has 2 aromatic heterocycles. The molecule has 0 unspecified atom stereocenters. The van der Waals surface area contributed by atoms with E-state index in [9.17, 15) is 4.79 Å². The summed E-state index contributed by atoms with van der Waals surface area (Å²) in [6.07, 6.45) is 3.49. The van der Waals surface area contributed by atoms with Crippen molar-refractivity contribution < 1.29 is 4.79 Å². The second-order valence-corrected chi connectivity index (χ2v) is 10.4. The van der Waals surface area contributed by atoms with Crippen molar-refractivity contribution >= 4 is 5.91 Å². The maximum atomic E-state index is 12.9. The van der Waals surface area contributed by atoms with Gasteiger partial charge in [0.05, 0.1) is 6.04 Å². The average molecular weight is 493 g/mol. The third kappa shape index (κ3) is 4.67. The van der Waals surface area contributed by atoms with Gasteiger partial charge in [0.25, 0.3) is 5.91 Å². The Morgan fingerprint density at radius 1 is 0.946 bits per heavy atom. The maximum Gasteiger partial charge on any atom is 0.270 e. The highest BCUT2D eigenvalue weighted by atomic mass is 16.2. The number of hydrogen-bond acceptors (Lipinski definition) is 5. The van der Waals surface area contributed by atoms with E-state index in [1.807, 2.05) is 12.1 Å². The van der Waals surface area contributed by atoms with E-state index in [1.54, 1.807) is 12.3 Å². The lowest BCUT2D eigenvalue weighted by Crippen LogP contribution is -2.34. The van der Waals surface area contributed by atoms with Crippen molar-refractivity contribution in [3.8, 4) is 11.1 Å². The molecule has 1 N–H and O–H groups in total. The Morgan fingerprint density at radius 2 is 1.78 bits per heavy atom. The monoisotopic (exact) mass is 492 g/mol. The van der Waals surface area contributed by atoms with E-state index in [-0.39, 0.29) is 17.9 Å². The van der Waals surface area contributed by atoms with Crippen LogP contribution in [0.1, 0.15) is 58.7 Å². The van der Waals surface area contributed by atoms with Crippen molar-refractivity contribution in [3.63, 3.8) is 0 Å². The van der Waals surface area contributed by atoms with Gasteiger partial charge >= 0.3 is 0 Å². The van der Waals surface area contributed by atoms with Crippen LogP contribution in [0.5, 0.6) is 0 Å². The van der Waals surface area contributed by atoms with Crippen LogP contribution in [0.25, 0.3) is 11.1 Å². The Morgan fingerprint density at radius 3 is 2.62 bits per heavy atom. The molecule has 0 saturated heterocycles. The average Bonchev–Trinajstić information content (AvgIpc) is 3.43. The predicted molar refractivity (Wildman–Crippen MR) is 143 cm³/mol. The molecule has 6 rings (SSSR count). The van der Waals surface area contributed by atoms with Gasteiger partial charge in [-0.3, -0.25) is 14.7 Å². The summed E-state index contributed by atoms with van der Waals surface area (Å²) in [6.45, 7) is 7.76. The fourth-order valence-electron chi connectivity index (χ4n) is 5.57. The molecule has 0 fully saturated rings. The first-order valence-corrected chi connectivity index (χ1v) is 13.1. The molecule has 7 heteroatoms. The SMILES string of the molecule is CC(C)[C@@H](NC(=O)c1ccccn1)c1nnc2n1CCN(Cc1ccc3c(c1)Cc1ccccc1-3)CC2. The molecule has 0 bridgehead atoms. The highest BCUT2D eigenvalue weighted by Gasteiger charge is 2.28. The highest BCUT2D eigenvalue weighted by Crippen LogP contribution is 2.37. The first-order chi connectivity index (χ1) is 18.1. The Kier molecular flexibility index (Phi) is 6.30. The molecule has 188 valence electrons. The topological polar surface area (TPSA) is 75.9 Å². The first-order valence-electron chi connectivity index (χ1n) is 13.1. The quantitative estimate of drug-likeness (QED) is 0.380. The summed E-state index contributed by atoms with van der Waals surface area (Å²) in [5, 5.41) is 12.2. The Bertz CT molecular complexity index is 1430. The number of fused-ring (bicyclic) bond motifs is 4. The summed E-state index contributed by atoms with van der Waals surface area (Å²) in [5.41, 5.74) is 7.36.